The lowest BCUT2D eigenvalue weighted by molar-refractivity contribution is 0.301. The van der Waals surface area contributed by atoms with Crippen LogP contribution in [-0.4, -0.2) is 6.54 Å². The molecule has 2 heteroatoms. The summed E-state index contributed by atoms with van der Waals surface area (Å²) >= 11 is 0. The summed E-state index contributed by atoms with van der Waals surface area (Å²) in [5, 5.41) is 3.39. The van der Waals surface area contributed by atoms with Crippen molar-refractivity contribution >= 4 is 0 Å². The maximum Gasteiger partial charge on any atom is 0.0250 e. The van der Waals surface area contributed by atoms with Crippen LogP contribution in [0.2, 0.25) is 0 Å². The summed E-state index contributed by atoms with van der Waals surface area (Å²) in [6, 6.07) is 0. The lowest BCUT2D eigenvalue weighted by atomic mass is 9.74. The largest absolute Gasteiger partial charge is 0.404 e. The van der Waals surface area contributed by atoms with Crippen LogP contribution in [0.3, 0.4) is 0 Å². The Morgan fingerprint density at radius 1 is 1.44 bits per heavy atom. The number of rotatable bonds is 4. The first kappa shape index (κ1) is 13.1. The maximum atomic E-state index is 5.79. The first-order valence-corrected chi connectivity index (χ1v) is 6.28. The molecule has 1 aliphatic rings. The standard InChI is InChI=1S/C14H26N2/c1-6-14(5,7-2)11(9-15)8-12-13(3,4)10-16-12/h8-9,16H,6-7,10,15H2,1-5H3/b11-9+,12-8-. The van der Waals surface area contributed by atoms with Crippen molar-refractivity contribution in [3.05, 3.63) is 23.5 Å². The number of nitrogens with one attached hydrogen (secondary N) is 1. The number of allylic oxidation sites excluding steroid dienone is 2. The predicted molar refractivity (Wildman–Crippen MR) is 70.8 cm³/mol. The smallest absolute Gasteiger partial charge is 0.0250 e. The molecule has 16 heavy (non-hydrogen) atoms. The van der Waals surface area contributed by atoms with Gasteiger partial charge in [0.15, 0.2) is 0 Å². The molecule has 0 spiro atoms. The molecule has 0 bridgehead atoms. The van der Waals surface area contributed by atoms with Gasteiger partial charge in [-0.05, 0) is 36.1 Å². The zero-order chi connectivity index (χ0) is 12.4. The molecule has 92 valence electrons. The highest BCUT2D eigenvalue weighted by Gasteiger charge is 2.33. The second-order valence-electron chi connectivity index (χ2n) is 5.69. The van der Waals surface area contributed by atoms with Crippen LogP contribution in [0, 0.1) is 10.8 Å². The molecule has 0 aliphatic carbocycles. The van der Waals surface area contributed by atoms with E-state index in [-0.39, 0.29) is 10.8 Å². The van der Waals surface area contributed by atoms with Crippen LogP contribution in [0.5, 0.6) is 0 Å². The third-order valence-electron chi connectivity index (χ3n) is 4.19. The molecular formula is C14H26N2. The molecule has 1 fully saturated rings. The van der Waals surface area contributed by atoms with Crippen LogP contribution in [0.15, 0.2) is 23.5 Å². The Labute approximate surface area is 100.0 Å². The van der Waals surface area contributed by atoms with Gasteiger partial charge in [0, 0.05) is 17.7 Å². The van der Waals surface area contributed by atoms with Gasteiger partial charge in [0.1, 0.15) is 0 Å². The van der Waals surface area contributed by atoms with Crippen molar-refractivity contribution in [1.82, 2.24) is 5.32 Å². The molecule has 3 N–H and O–H groups in total. The van der Waals surface area contributed by atoms with Crippen molar-refractivity contribution in [2.24, 2.45) is 16.6 Å². The van der Waals surface area contributed by atoms with E-state index in [2.05, 4.69) is 46.0 Å². The van der Waals surface area contributed by atoms with Gasteiger partial charge < -0.3 is 11.1 Å². The van der Waals surface area contributed by atoms with Gasteiger partial charge in [-0.25, -0.2) is 0 Å². The molecule has 0 saturated carbocycles. The van der Waals surface area contributed by atoms with Crippen molar-refractivity contribution in [2.45, 2.75) is 47.5 Å². The molecule has 0 aromatic carbocycles. The van der Waals surface area contributed by atoms with Gasteiger partial charge in [-0.2, -0.15) is 0 Å². The van der Waals surface area contributed by atoms with Gasteiger partial charge in [0.2, 0.25) is 0 Å². The van der Waals surface area contributed by atoms with Gasteiger partial charge >= 0.3 is 0 Å². The third kappa shape index (κ3) is 2.26. The Hall–Kier alpha value is -0.920. The molecule has 0 unspecified atom stereocenters. The van der Waals surface area contributed by atoms with Crippen molar-refractivity contribution in [2.75, 3.05) is 6.54 Å². The van der Waals surface area contributed by atoms with E-state index in [1.807, 2.05) is 0 Å². The van der Waals surface area contributed by atoms with E-state index in [9.17, 15) is 0 Å². The first-order chi connectivity index (χ1) is 7.39. The number of hydrogen-bond donors (Lipinski definition) is 2. The van der Waals surface area contributed by atoms with Gasteiger partial charge in [0.05, 0.1) is 0 Å². The van der Waals surface area contributed by atoms with Crippen LogP contribution in [0.25, 0.3) is 0 Å². The van der Waals surface area contributed by atoms with E-state index in [0.717, 1.165) is 19.4 Å². The van der Waals surface area contributed by atoms with Crippen molar-refractivity contribution < 1.29 is 0 Å². The van der Waals surface area contributed by atoms with E-state index in [1.54, 1.807) is 6.20 Å². The molecule has 1 saturated heterocycles. The molecular weight excluding hydrogens is 196 g/mol. The van der Waals surface area contributed by atoms with Gasteiger partial charge in [-0.1, -0.05) is 34.6 Å². The van der Waals surface area contributed by atoms with E-state index in [0.29, 0.717) is 0 Å². The molecule has 0 aromatic heterocycles. The van der Waals surface area contributed by atoms with Crippen LogP contribution < -0.4 is 11.1 Å². The monoisotopic (exact) mass is 222 g/mol. The third-order valence-corrected chi connectivity index (χ3v) is 4.19. The highest BCUT2D eigenvalue weighted by Crippen LogP contribution is 2.39. The van der Waals surface area contributed by atoms with Crippen LogP contribution in [0.1, 0.15) is 47.5 Å². The Kier molecular flexibility index (Phi) is 3.72. The van der Waals surface area contributed by atoms with Gasteiger partial charge in [-0.3, -0.25) is 0 Å². The quantitative estimate of drug-likeness (QED) is 0.766. The second kappa shape index (κ2) is 4.52. The fraction of sp³-hybridized carbons (Fsp3) is 0.714. The maximum absolute atomic E-state index is 5.79. The van der Waals surface area contributed by atoms with E-state index >= 15 is 0 Å². The summed E-state index contributed by atoms with van der Waals surface area (Å²) in [6.45, 7) is 12.3. The molecule has 1 rings (SSSR count). The van der Waals surface area contributed by atoms with Crippen LogP contribution in [-0.2, 0) is 0 Å². The molecule has 0 atom stereocenters. The lowest BCUT2D eigenvalue weighted by Gasteiger charge is -2.41. The highest BCUT2D eigenvalue weighted by atomic mass is 15.0. The molecule has 2 nitrogen and oxygen atoms in total. The number of nitrogens with two attached hydrogens (primary N) is 1. The zero-order valence-electron chi connectivity index (χ0n) is 11.4. The van der Waals surface area contributed by atoms with Crippen molar-refractivity contribution in [3.8, 4) is 0 Å². The summed E-state index contributed by atoms with van der Waals surface area (Å²) in [5.41, 5.74) is 8.86. The molecule has 0 aromatic rings. The average Bonchev–Trinajstić information content (AvgIpc) is 2.28. The van der Waals surface area contributed by atoms with Crippen LogP contribution >= 0.6 is 0 Å². The second-order valence-corrected chi connectivity index (χ2v) is 5.69. The zero-order valence-corrected chi connectivity index (χ0v) is 11.4. The summed E-state index contributed by atoms with van der Waals surface area (Å²) in [4.78, 5) is 0. The van der Waals surface area contributed by atoms with Gasteiger partial charge in [-0.15, -0.1) is 0 Å². The van der Waals surface area contributed by atoms with Gasteiger partial charge in [0.25, 0.3) is 0 Å². The van der Waals surface area contributed by atoms with Crippen molar-refractivity contribution in [1.29, 1.82) is 0 Å². The highest BCUT2D eigenvalue weighted by molar-refractivity contribution is 5.34. The average molecular weight is 222 g/mol. The molecule has 1 heterocycles. The summed E-state index contributed by atoms with van der Waals surface area (Å²) in [7, 11) is 0. The normalized spacial score (nSPS) is 22.8. The van der Waals surface area contributed by atoms with E-state index in [4.69, 9.17) is 5.73 Å². The SMILES string of the molecule is CCC(C)(CC)C(/C=C1\NCC1(C)C)=C/N. The molecule has 0 radical (unpaired) electrons. The van der Waals surface area contributed by atoms with E-state index < -0.39 is 0 Å². The molecule has 0 amide bonds. The summed E-state index contributed by atoms with van der Waals surface area (Å²) in [6.07, 6.45) is 6.26. The summed E-state index contributed by atoms with van der Waals surface area (Å²) in [5.74, 6) is 0. The number of hydrogen-bond acceptors (Lipinski definition) is 2. The van der Waals surface area contributed by atoms with E-state index in [1.165, 1.54) is 11.3 Å². The summed E-state index contributed by atoms with van der Waals surface area (Å²) < 4.78 is 0. The Balaban J connectivity index is 2.94. The Morgan fingerprint density at radius 2 is 2.00 bits per heavy atom. The minimum atomic E-state index is 0.203. The lowest BCUT2D eigenvalue weighted by Crippen LogP contribution is -2.47. The molecule has 1 aliphatic heterocycles. The topological polar surface area (TPSA) is 38.0 Å². The fourth-order valence-electron chi connectivity index (χ4n) is 2.03. The minimum absolute atomic E-state index is 0.203. The Bertz CT molecular complexity index is 307. The Morgan fingerprint density at radius 3 is 2.25 bits per heavy atom. The minimum Gasteiger partial charge on any atom is -0.404 e. The first-order valence-electron chi connectivity index (χ1n) is 6.28. The predicted octanol–water partition coefficient (Wildman–Crippen LogP) is 3.17. The van der Waals surface area contributed by atoms with Crippen molar-refractivity contribution in [3.63, 3.8) is 0 Å². The van der Waals surface area contributed by atoms with Crippen LogP contribution in [0.4, 0.5) is 0 Å². The fourth-order valence-corrected chi connectivity index (χ4v) is 2.03.